The molecule has 2 N–H and O–H groups in total. The van der Waals surface area contributed by atoms with Gasteiger partial charge in [-0.15, -0.1) is 0 Å². The second-order valence-corrected chi connectivity index (χ2v) is 11.9. The number of carbonyl (C=O) groups excluding carboxylic acids is 1. The third-order valence-corrected chi connectivity index (χ3v) is 9.11. The van der Waals surface area contributed by atoms with Crippen LogP contribution < -0.4 is 0 Å². The minimum Gasteiger partial charge on any atom is -0.493 e. The maximum atomic E-state index is 13.7. The Morgan fingerprint density at radius 2 is 2.08 bits per heavy atom. The van der Waals surface area contributed by atoms with Crippen molar-refractivity contribution in [2.24, 2.45) is 28.7 Å². The van der Waals surface area contributed by atoms with E-state index in [1.807, 2.05) is 11.1 Å². The van der Waals surface area contributed by atoms with Gasteiger partial charge in [0.25, 0.3) is 0 Å². The topological polar surface area (TPSA) is 106 Å². The van der Waals surface area contributed by atoms with Crippen molar-refractivity contribution in [3.63, 3.8) is 0 Å². The first-order valence-corrected chi connectivity index (χ1v) is 15.4. The number of likely N-dealkylation sites (tertiary alicyclic amines) is 1. The van der Waals surface area contributed by atoms with E-state index in [2.05, 4.69) is 42.0 Å². The summed E-state index contributed by atoms with van der Waals surface area (Å²) in [7, 11) is 0. The summed E-state index contributed by atoms with van der Waals surface area (Å²) in [5.74, 6) is -0.0564. The number of carboxylic acids is 1. The van der Waals surface area contributed by atoms with Crippen LogP contribution in [0.4, 0.5) is 0 Å². The number of rotatable bonds is 14. The first-order chi connectivity index (χ1) is 19.4. The van der Waals surface area contributed by atoms with Gasteiger partial charge >= 0.3 is 5.97 Å². The van der Waals surface area contributed by atoms with Gasteiger partial charge in [-0.2, -0.15) is 0 Å². The molecule has 220 valence electrons. The molecule has 0 saturated carbocycles. The summed E-state index contributed by atoms with van der Waals surface area (Å²) in [6.07, 6.45) is 18.6. The zero-order valence-electron chi connectivity index (χ0n) is 24.4. The smallest absolute Gasteiger partial charge is 0.308 e. The number of carboxylic acid groups (broad SMARTS) is 1. The molecule has 1 amide bonds. The number of allylic oxidation sites excluding steroid dienone is 4. The molecule has 8 nitrogen and oxygen atoms in total. The van der Waals surface area contributed by atoms with Gasteiger partial charge in [0.05, 0.1) is 19.1 Å². The number of unbranched alkanes of at least 4 members (excludes halogenated alkanes) is 2. The van der Waals surface area contributed by atoms with Crippen LogP contribution in [0.15, 0.2) is 40.8 Å². The number of hydrogen-bond donors (Lipinski definition) is 2. The lowest BCUT2D eigenvalue weighted by Gasteiger charge is -2.31. The van der Waals surface area contributed by atoms with Gasteiger partial charge in [0.1, 0.15) is 5.76 Å². The van der Waals surface area contributed by atoms with Gasteiger partial charge in [-0.05, 0) is 87.0 Å². The van der Waals surface area contributed by atoms with Crippen LogP contribution in [0.25, 0.3) is 0 Å². The van der Waals surface area contributed by atoms with E-state index in [4.69, 9.17) is 10.1 Å². The van der Waals surface area contributed by atoms with Crippen molar-refractivity contribution in [1.82, 2.24) is 9.80 Å². The first kappa shape index (κ1) is 30.2. The predicted octanol–water partition coefficient (Wildman–Crippen LogP) is 5.46. The fourth-order valence-corrected chi connectivity index (χ4v) is 6.93. The van der Waals surface area contributed by atoms with Gasteiger partial charge in [-0.3, -0.25) is 19.5 Å². The number of amides is 1. The Morgan fingerprint density at radius 1 is 1.25 bits per heavy atom. The van der Waals surface area contributed by atoms with E-state index in [1.54, 1.807) is 0 Å². The van der Waals surface area contributed by atoms with Crippen molar-refractivity contribution < 1.29 is 19.4 Å². The van der Waals surface area contributed by atoms with E-state index in [1.165, 1.54) is 11.8 Å². The number of aliphatic imine (C=N–C) groups is 1. The van der Waals surface area contributed by atoms with Crippen LogP contribution >= 0.6 is 0 Å². The second-order valence-electron chi connectivity index (χ2n) is 11.9. The molecule has 1 aliphatic carbocycles. The van der Waals surface area contributed by atoms with Crippen molar-refractivity contribution >= 4 is 23.8 Å². The molecular weight excluding hydrogens is 504 g/mol. The normalized spacial score (nSPS) is 28.1. The van der Waals surface area contributed by atoms with Crippen LogP contribution in [-0.2, 0) is 14.3 Å². The van der Waals surface area contributed by atoms with Crippen molar-refractivity contribution in [2.45, 2.75) is 84.1 Å². The molecule has 2 fully saturated rings. The van der Waals surface area contributed by atoms with E-state index in [9.17, 15) is 14.7 Å². The molecule has 0 spiro atoms. The van der Waals surface area contributed by atoms with Crippen LogP contribution in [-0.4, -0.2) is 77.5 Å². The number of nitrogens with zero attached hydrogens (tertiary/aromatic N) is 3. The second kappa shape index (κ2) is 14.8. The number of fused-ring (bicyclic) bond motifs is 1. The molecule has 3 heterocycles. The molecule has 1 unspecified atom stereocenters. The van der Waals surface area contributed by atoms with Crippen molar-refractivity contribution in [2.75, 3.05) is 32.8 Å². The van der Waals surface area contributed by atoms with Gasteiger partial charge in [-0.1, -0.05) is 32.4 Å². The molecule has 5 atom stereocenters. The van der Waals surface area contributed by atoms with Gasteiger partial charge in [-0.25, -0.2) is 0 Å². The van der Waals surface area contributed by atoms with Crippen LogP contribution in [0.3, 0.4) is 0 Å². The van der Waals surface area contributed by atoms with Crippen LogP contribution in [0.1, 0.15) is 78.1 Å². The largest absolute Gasteiger partial charge is 0.493 e. The summed E-state index contributed by atoms with van der Waals surface area (Å²) in [6, 6.07) is -0.216. The fraction of sp³-hybridized carbons (Fsp3) is 0.688. The summed E-state index contributed by atoms with van der Waals surface area (Å²) in [4.78, 5) is 35.4. The third-order valence-electron chi connectivity index (χ3n) is 9.11. The van der Waals surface area contributed by atoms with Crippen LogP contribution in [0, 0.1) is 29.1 Å². The highest BCUT2D eigenvalue weighted by atomic mass is 16.5. The zero-order valence-corrected chi connectivity index (χ0v) is 24.4. The van der Waals surface area contributed by atoms with Gasteiger partial charge in [0.15, 0.2) is 0 Å². The summed E-state index contributed by atoms with van der Waals surface area (Å²) in [5.41, 5.74) is 2.34. The highest BCUT2D eigenvalue weighted by Gasteiger charge is 2.50. The lowest BCUT2D eigenvalue weighted by molar-refractivity contribution is -0.145. The zero-order chi connectivity index (χ0) is 28.5. The van der Waals surface area contributed by atoms with E-state index in [0.717, 1.165) is 62.8 Å². The number of hydrogen-bond acceptors (Lipinski definition) is 6. The SMILES string of the molecule is CCCCN(CCCC=N)C(=O)CN1C[C@H](C2C=C3CCOC3=C[C@@H]2C)[C@@H](C(=O)O)[C@@H]1CCC1=NC=CCCC1. The molecule has 2 saturated heterocycles. The lowest BCUT2D eigenvalue weighted by Crippen LogP contribution is -2.44. The molecule has 8 heteroatoms. The van der Waals surface area contributed by atoms with E-state index >= 15 is 0 Å². The Kier molecular flexibility index (Phi) is 11.2. The summed E-state index contributed by atoms with van der Waals surface area (Å²) in [5, 5.41) is 18.0. The highest BCUT2D eigenvalue weighted by molar-refractivity contribution is 5.85. The Balaban J connectivity index is 1.57. The molecule has 40 heavy (non-hydrogen) atoms. The summed E-state index contributed by atoms with van der Waals surface area (Å²) >= 11 is 0. The maximum absolute atomic E-state index is 13.7. The average Bonchev–Trinajstić information content (AvgIpc) is 3.43. The summed E-state index contributed by atoms with van der Waals surface area (Å²) < 4.78 is 5.81. The molecule has 0 bridgehead atoms. The molecular formula is C32H48N4O4. The highest BCUT2D eigenvalue weighted by Crippen LogP contribution is 2.45. The Morgan fingerprint density at radius 3 is 2.85 bits per heavy atom. The Bertz CT molecular complexity index is 1030. The monoisotopic (exact) mass is 552 g/mol. The lowest BCUT2D eigenvalue weighted by atomic mass is 9.72. The minimum absolute atomic E-state index is 0.0735. The number of carbonyl (C=O) groups is 2. The maximum Gasteiger partial charge on any atom is 0.308 e. The molecule has 3 aliphatic heterocycles. The number of nitrogens with one attached hydrogen (secondary N) is 1. The standard InChI is InChI=1S/C32H48N4O4/c1-3-4-16-35(17-9-7-14-33)30(37)22-36-21-27(26-20-24-13-18-40-29(24)19-23(26)2)31(32(38)39)28(36)12-11-25-10-6-5-8-15-34-25/h8,14-15,19-20,23,26-28,31,33H,3-7,9-13,16-18,21-22H2,1-2H3,(H,38,39)/t23-,26?,27+,28-,31+/m0/s1. The van der Waals surface area contributed by atoms with E-state index in [-0.39, 0.29) is 36.2 Å². The number of ether oxygens (including phenoxy) is 1. The van der Waals surface area contributed by atoms with Gasteiger partial charge < -0.3 is 20.2 Å². The van der Waals surface area contributed by atoms with E-state index in [0.29, 0.717) is 39.1 Å². The van der Waals surface area contributed by atoms with E-state index < -0.39 is 11.9 Å². The fourth-order valence-electron chi connectivity index (χ4n) is 6.93. The molecule has 0 aromatic heterocycles. The molecule has 0 aromatic rings. The van der Waals surface area contributed by atoms with Crippen molar-refractivity contribution in [1.29, 1.82) is 5.41 Å². The molecule has 0 aromatic carbocycles. The van der Waals surface area contributed by atoms with Gasteiger partial charge in [0, 0.05) is 44.0 Å². The minimum atomic E-state index is -0.760. The first-order valence-electron chi connectivity index (χ1n) is 15.4. The van der Waals surface area contributed by atoms with Crippen molar-refractivity contribution in [3.8, 4) is 0 Å². The Labute approximate surface area is 239 Å². The van der Waals surface area contributed by atoms with Crippen LogP contribution in [0.2, 0.25) is 0 Å². The van der Waals surface area contributed by atoms with Crippen molar-refractivity contribution in [3.05, 3.63) is 35.8 Å². The molecule has 0 radical (unpaired) electrons. The van der Waals surface area contributed by atoms with Gasteiger partial charge in [0.2, 0.25) is 5.91 Å². The third kappa shape index (κ3) is 7.50. The molecule has 4 rings (SSSR count). The molecule has 4 aliphatic rings. The number of aliphatic carboxylic acids is 1. The predicted molar refractivity (Wildman–Crippen MR) is 159 cm³/mol. The quantitative estimate of drug-likeness (QED) is 0.220. The summed E-state index contributed by atoms with van der Waals surface area (Å²) in [6.45, 7) is 7.17. The Hall–Kier alpha value is -2.74. The van der Waals surface area contributed by atoms with Crippen LogP contribution in [0.5, 0.6) is 0 Å². The average molecular weight is 553 g/mol.